The molecule has 0 aliphatic heterocycles. The van der Waals surface area contributed by atoms with Crippen LogP contribution in [-0.4, -0.2) is 18.7 Å². The average molecular weight is 351 g/mol. The molecule has 4 nitrogen and oxygen atoms in total. The number of nitrogens with zero attached hydrogens (tertiary/aromatic N) is 1. The van der Waals surface area contributed by atoms with Gasteiger partial charge in [0.05, 0.1) is 16.3 Å². The lowest BCUT2D eigenvalue weighted by Crippen LogP contribution is -2.24. The van der Waals surface area contributed by atoms with E-state index in [-0.39, 0.29) is 12.5 Å². The van der Waals surface area contributed by atoms with Crippen molar-refractivity contribution in [3.63, 3.8) is 0 Å². The number of nitrogens with one attached hydrogen (secondary N) is 1. The molecular weight excluding hydrogens is 335 g/mol. The Hall–Kier alpha value is -2.04. The molecule has 0 aromatic heterocycles. The van der Waals surface area contributed by atoms with Crippen LogP contribution in [0.1, 0.15) is 16.7 Å². The van der Waals surface area contributed by atoms with Gasteiger partial charge in [0, 0.05) is 5.56 Å². The first kappa shape index (κ1) is 17.3. The van der Waals surface area contributed by atoms with Crippen LogP contribution in [0.2, 0.25) is 10.0 Å². The van der Waals surface area contributed by atoms with E-state index >= 15 is 0 Å². The maximum absolute atomic E-state index is 11.7. The monoisotopic (exact) mass is 350 g/mol. The van der Waals surface area contributed by atoms with E-state index in [9.17, 15) is 4.79 Å². The number of hydrogen-bond acceptors (Lipinski definition) is 3. The van der Waals surface area contributed by atoms with E-state index in [1.807, 2.05) is 32.0 Å². The van der Waals surface area contributed by atoms with Crippen LogP contribution in [0.3, 0.4) is 0 Å². The molecule has 2 aromatic carbocycles. The Morgan fingerprint density at radius 2 is 1.87 bits per heavy atom. The van der Waals surface area contributed by atoms with Gasteiger partial charge in [-0.15, -0.1) is 0 Å². The zero-order valence-corrected chi connectivity index (χ0v) is 14.3. The number of halogens is 2. The van der Waals surface area contributed by atoms with Crippen molar-refractivity contribution in [2.75, 3.05) is 6.61 Å². The molecule has 0 heterocycles. The molecule has 0 aliphatic carbocycles. The summed E-state index contributed by atoms with van der Waals surface area (Å²) < 4.78 is 5.42. The number of carbonyl (C=O) groups excluding carboxylic acids is 1. The summed E-state index contributed by atoms with van der Waals surface area (Å²) in [6.45, 7) is 3.87. The van der Waals surface area contributed by atoms with E-state index in [0.29, 0.717) is 21.4 Å². The number of amides is 1. The highest BCUT2D eigenvalue weighted by Gasteiger charge is 2.04. The maximum Gasteiger partial charge on any atom is 0.277 e. The van der Waals surface area contributed by atoms with Gasteiger partial charge in [-0.3, -0.25) is 4.79 Å². The van der Waals surface area contributed by atoms with Crippen molar-refractivity contribution in [1.82, 2.24) is 5.43 Å². The van der Waals surface area contributed by atoms with Crippen LogP contribution in [0.25, 0.3) is 0 Å². The van der Waals surface area contributed by atoms with Crippen molar-refractivity contribution >= 4 is 35.3 Å². The summed E-state index contributed by atoms with van der Waals surface area (Å²) in [5, 5.41) is 4.75. The number of rotatable bonds is 5. The van der Waals surface area contributed by atoms with E-state index in [1.165, 1.54) is 11.8 Å². The highest BCUT2D eigenvalue weighted by Crippen LogP contribution is 2.22. The number of hydrogen-bond donors (Lipinski definition) is 1. The lowest BCUT2D eigenvalue weighted by atomic mass is 10.1. The van der Waals surface area contributed by atoms with Crippen molar-refractivity contribution < 1.29 is 9.53 Å². The minimum absolute atomic E-state index is 0.129. The molecule has 0 saturated heterocycles. The first-order valence-electron chi connectivity index (χ1n) is 6.93. The Labute approximate surface area is 145 Å². The highest BCUT2D eigenvalue weighted by atomic mass is 35.5. The fourth-order valence-corrected chi connectivity index (χ4v) is 2.28. The molecule has 6 heteroatoms. The zero-order chi connectivity index (χ0) is 16.8. The second-order valence-corrected chi connectivity index (χ2v) is 5.78. The Morgan fingerprint density at radius 1 is 1.17 bits per heavy atom. The lowest BCUT2D eigenvalue weighted by Gasteiger charge is -2.07. The molecular formula is C17H16Cl2N2O2. The summed E-state index contributed by atoms with van der Waals surface area (Å²) in [4.78, 5) is 11.7. The second kappa shape index (κ2) is 7.99. The summed E-state index contributed by atoms with van der Waals surface area (Å²) in [6.07, 6.45) is 1.40. The van der Waals surface area contributed by atoms with Crippen molar-refractivity contribution in [3.8, 4) is 5.75 Å². The predicted molar refractivity (Wildman–Crippen MR) is 93.6 cm³/mol. The lowest BCUT2D eigenvalue weighted by molar-refractivity contribution is -0.123. The van der Waals surface area contributed by atoms with Gasteiger partial charge >= 0.3 is 0 Å². The molecule has 1 amide bonds. The Morgan fingerprint density at radius 3 is 2.52 bits per heavy atom. The minimum Gasteiger partial charge on any atom is -0.484 e. The van der Waals surface area contributed by atoms with Crippen LogP contribution in [-0.2, 0) is 4.79 Å². The van der Waals surface area contributed by atoms with Gasteiger partial charge in [0.2, 0.25) is 0 Å². The van der Waals surface area contributed by atoms with Gasteiger partial charge in [-0.05, 0) is 49.2 Å². The maximum atomic E-state index is 11.7. The van der Waals surface area contributed by atoms with E-state index < -0.39 is 0 Å². The standard InChI is InChI=1S/C17H16Cl2N2O2/c1-11-6-7-13(8-12(11)2)23-10-17(22)21-20-9-14-15(18)4-3-5-16(14)19/h3-9H,10H2,1-2H3,(H,21,22)/b20-9+. The minimum atomic E-state index is -0.373. The quantitative estimate of drug-likeness (QED) is 0.650. The highest BCUT2D eigenvalue weighted by molar-refractivity contribution is 6.38. The Bertz CT molecular complexity index is 725. The fraction of sp³-hybridized carbons (Fsp3) is 0.176. The third-order valence-corrected chi connectivity index (χ3v) is 3.89. The molecule has 0 unspecified atom stereocenters. The summed E-state index contributed by atoms with van der Waals surface area (Å²) in [6, 6.07) is 10.8. The zero-order valence-electron chi connectivity index (χ0n) is 12.8. The molecule has 0 radical (unpaired) electrons. The summed E-state index contributed by atoms with van der Waals surface area (Å²) in [5.41, 5.74) is 5.19. The Kier molecular flexibility index (Phi) is 6.02. The molecule has 1 N–H and O–H groups in total. The van der Waals surface area contributed by atoms with Gasteiger partial charge in [0.1, 0.15) is 5.75 Å². The molecule has 0 atom stereocenters. The van der Waals surface area contributed by atoms with E-state index in [2.05, 4.69) is 10.5 Å². The van der Waals surface area contributed by atoms with Crippen molar-refractivity contribution in [3.05, 3.63) is 63.1 Å². The van der Waals surface area contributed by atoms with Crippen LogP contribution in [0.5, 0.6) is 5.75 Å². The van der Waals surface area contributed by atoms with E-state index in [0.717, 1.165) is 5.56 Å². The number of aryl methyl sites for hydroxylation is 2. The van der Waals surface area contributed by atoms with Crippen LogP contribution in [0.15, 0.2) is 41.5 Å². The largest absolute Gasteiger partial charge is 0.484 e. The number of benzene rings is 2. The van der Waals surface area contributed by atoms with Crippen molar-refractivity contribution in [2.24, 2.45) is 5.10 Å². The first-order chi connectivity index (χ1) is 11.0. The fourth-order valence-electron chi connectivity index (χ4n) is 1.79. The van der Waals surface area contributed by atoms with Crippen LogP contribution < -0.4 is 10.2 Å². The van der Waals surface area contributed by atoms with Gasteiger partial charge in [0.15, 0.2) is 6.61 Å². The molecule has 0 fully saturated rings. The van der Waals surface area contributed by atoms with E-state index in [1.54, 1.807) is 18.2 Å². The van der Waals surface area contributed by atoms with Gasteiger partial charge in [-0.25, -0.2) is 5.43 Å². The molecule has 120 valence electrons. The molecule has 0 aliphatic rings. The summed E-state index contributed by atoms with van der Waals surface area (Å²) >= 11 is 12.0. The molecule has 0 bridgehead atoms. The van der Waals surface area contributed by atoms with Crippen LogP contribution in [0, 0.1) is 13.8 Å². The number of ether oxygens (including phenoxy) is 1. The molecule has 2 rings (SSSR count). The van der Waals surface area contributed by atoms with E-state index in [4.69, 9.17) is 27.9 Å². The second-order valence-electron chi connectivity index (χ2n) is 4.96. The molecule has 23 heavy (non-hydrogen) atoms. The summed E-state index contributed by atoms with van der Waals surface area (Å²) in [7, 11) is 0. The predicted octanol–water partition coefficient (Wildman–Crippen LogP) is 4.14. The van der Waals surface area contributed by atoms with Crippen molar-refractivity contribution in [1.29, 1.82) is 0 Å². The summed E-state index contributed by atoms with van der Waals surface area (Å²) in [5.74, 6) is 0.268. The van der Waals surface area contributed by atoms with Gasteiger partial charge in [0.25, 0.3) is 5.91 Å². The smallest absolute Gasteiger partial charge is 0.277 e. The SMILES string of the molecule is Cc1ccc(OCC(=O)N/N=C/c2c(Cl)cccc2Cl)cc1C. The molecule has 0 spiro atoms. The number of carbonyl (C=O) groups is 1. The van der Waals surface area contributed by atoms with Crippen LogP contribution in [0.4, 0.5) is 0 Å². The van der Waals surface area contributed by atoms with Crippen LogP contribution >= 0.6 is 23.2 Å². The molecule has 0 saturated carbocycles. The molecule has 2 aromatic rings. The third kappa shape index (κ3) is 4.98. The Balaban J connectivity index is 1.87. The number of hydrazone groups is 1. The third-order valence-electron chi connectivity index (χ3n) is 3.23. The topological polar surface area (TPSA) is 50.7 Å². The first-order valence-corrected chi connectivity index (χ1v) is 7.69. The van der Waals surface area contributed by atoms with Gasteiger partial charge in [-0.1, -0.05) is 35.3 Å². The van der Waals surface area contributed by atoms with Crippen molar-refractivity contribution in [2.45, 2.75) is 13.8 Å². The average Bonchev–Trinajstić information content (AvgIpc) is 2.51. The van der Waals surface area contributed by atoms with Gasteiger partial charge in [-0.2, -0.15) is 5.10 Å². The van der Waals surface area contributed by atoms with Gasteiger partial charge < -0.3 is 4.74 Å². The normalized spacial score (nSPS) is 10.8.